The molecule has 0 aliphatic heterocycles. The van der Waals surface area contributed by atoms with Gasteiger partial charge in [-0.1, -0.05) is 48.5 Å². The highest BCUT2D eigenvalue weighted by molar-refractivity contribution is 7.14. The molecule has 0 spiro atoms. The van der Waals surface area contributed by atoms with Crippen molar-refractivity contribution < 1.29 is 19.4 Å². The third-order valence-electron chi connectivity index (χ3n) is 5.56. The quantitative estimate of drug-likeness (QED) is 0.365. The highest BCUT2D eigenvalue weighted by atomic mass is 32.1. The number of carbonyl (C=O) groups excluding carboxylic acids is 1. The van der Waals surface area contributed by atoms with Gasteiger partial charge in [0.1, 0.15) is 6.61 Å². The van der Waals surface area contributed by atoms with Crippen molar-refractivity contribution in [3.8, 4) is 11.1 Å². The summed E-state index contributed by atoms with van der Waals surface area (Å²) in [4.78, 5) is 31.6. The molecule has 2 heterocycles. The number of thiophene rings is 1. The lowest BCUT2D eigenvalue weighted by atomic mass is 9.98. The van der Waals surface area contributed by atoms with Crippen LogP contribution in [0.5, 0.6) is 0 Å². The summed E-state index contributed by atoms with van der Waals surface area (Å²) < 4.78 is 5.83. The van der Waals surface area contributed by atoms with E-state index in [1.165, 1.54) is 38.7 Å². The Morgan fingerprint density at radius 1 is 0.970 bits per heavy atom. The van der Waals surface area contributed by atoms with Gasteiger partial charge in [0, 0.05) is 27.2 Å². The van der Waals surface area contributed by atoms with Crippen LogP contribution in [-0.2, 0) is 22.5 Å². The molecule has 1 amide bonds. The van der Waals surface area contributed by atoms with Crippen LogP contribution in [0.15, 0.2) is 72.2 Å². The first-order chi connectivity index (χ1) is 16.1. The summed E-state index contributed by atoms with van der Waals surface area (Å²) in [5.74, 6) is -0.903. The van der Waals surface area contributed by atoms with E-state index < -0.39 is 12.1 Å². The van der Waals surface area contributed by atoms with E-state index in [9.17, 15) is 9.59 Å². The van der Waals surface area contributed by atoms with E-state index in [0.29, 0.717) is 5.13 Å². The molecule has 0 atom stereocenters. The molecule has 4 aromatic rings. The molecule has 8 heteroatoms. The van der Waals surface area contributed by atoms with Gasteiger partial charge in [0.2, 0.25) is 0 Å². The average Bonchev–Trinajstić information content (AvgIpc) is 3.55. The topological polar surface area (TPSA) is 79.7 Å². The van der Waals surface area contributed by atoms with E-state index in [1.807, 2.05) is 35.7 Å². The van der Waals surface area contributed by atoms with Crippen molar-refractivity contribution in [2.24, 2.45) is 0 Å². The number of fused-ring (bicyclic) bond motifs is 3. The summed E-state index contributed by atoms with van der Waals surface area (Å²) in [5, 5.41) is 11.4. The fourth-order valence-electron chi connectivity index (χ4n) is 4.14. The number of carbonyl (C=O) groups is 2. The molecule has 5 rings (SSSR count). The van der Waals surface area contributed by atoms with Gasteiger partial charge < -0.3 is 9.84 Å². The number of hydrogen-bond donors (Lipinski definition) is 1. The average molecular weight is 477 g/mol. The molecule has 1 aliphatic carbocycles. The maximum atomic E-state index is 13.2. The normalized spacial score (nSPS) is 12.2. The number of thiazole rings is 1. The summed E-state index contributed by atoms with van der Waals surface area (Å²) in [6.07, 6.45) is 1.14. The number of carboxylic acid groups (broad SMARTS) is 1. The number of rotatable bonds is 7. The number of aromatic nitrogens is 1. The minimum absolute atomic E-state index is 0.0246. The second kappa shape index (κ2) is 9.17. The smallest absolute Gasteiger partial charge is 0.416 e. The largest absolute Gasteiger partial charge is 0.481 e. The molecule has 166 valence electrons. The lowest BCUT2D eigenvalue weighted by Crippen LogP contribution is -2.31. The number of benzene rings is 2. The van der Waals surface area contributed by atoms with Gasteiger partial charge in [-0.25, -0.2) is 14.7 Å². The van der Waals surface area contributed by atoms with Crippen molar-refractivity contribution in [2.75, 3.05) is 11.5 Å². The van der Waals surface area contributed by atoms with E-state index in [1.54, 1.807) is 12.3 Å². The van der Waals surface area contributed by atoms with Gasteiger partial charge in [0.15, 0.2) is 5.13 Å². The van der Waals surface area contributed by atoms with E-state index in [2.05, 4.69) is 29.2 Å². The van der Waals surface area contributed by atoms with Crippen LogP contribution in [0, 0.1) is 0 Å². The van der Waals surface area contributed by atoms with Gasteiger partial charge >= 0.3 is 12.1 Å². The lowest BCUT2D eigenvalue weighted by molar-refractivity contribution is -0.136. The van der Waals surface area contributed by atoms with Gasteiger partial charge in [0.05, 0.1) is 13.0 Å². The second-order valence-corrected chi connectivity index (χ2v) is 9.77. The summed E-state index contributed by atoms with van der Waals surface area (Å²) in [6.45, 7) is 0.498. The van der Waals surface area contributed by atoms with E-state index in [4.69, 9.17) is 9.84 Å². The fourth-order valence-corrected chi connectivity index (χ4v) is 5.77. The first kappa shape index (κ1) is 21.4. The van der Waals surface area contributed by atoms with E-state index in [-0.39, 0.29) is 25.5 Å². The third-order valence-corrected chi connectivity index (χ3v) is 7.43. The number of amides is 1. The molecule has 2 aromatic heterocycles. The minimum Gasteiger partial charge on any atom is -0.481 e. The van der Waals surface area contributed by atoms with Crippen LogP contribution >= 0.6 is 22.7 Å². The molecule has 1 aliphatic rings. The zero-order chi connectivity index (χ0) is 22.8. The monoisotopic (exact) mass is 476 g/mol. The van der Waals surface area contributed by atoms with Crippen LogP contribution in [0.3, 0.4) is 0 Å². The predicted octanol–water partition coefficient (Wildman–Crippen LogP) is 5.79. The Morgan fingerprint density at radius 2 is 1.64 bits per heavy atom. The molecule has 0 saturated heterocycles. The number of anilines is 1. The molecule has 0 radical (unpaired) electrons. The maximum absolute atomic E-state index is 13.2. The molecule has 2 aromatic carbocycles. The number of hydrogen-bond acceptors (Lipinski definition) is 6. The Kier molecular flexibility index (Phi) is 5.93. The fraction of sp³-hybridized carbons (Fsp3) is 0.160. The molecule has 0 fully saturated rings. The van der Waals surface area contributed by atoms with Gasteiger partial charge in [0.25, 0.3) is 0 Å². The number of nitrogens with zero attached hydrogens (tertiary/aromatic N) is 2. The Bertz CT molecular complexity index is 1250. The number of carboxylic acids is 1. The molecular weight excluding hydrogens is 456 g/mol. The van der Waals surface area contributed by atoms with Crippen molar-refractivity contribution in [1.82, 2.24) is 4.98 Å². The molecular formula is C25H20N2O4S2. The molecule has 6 nitrogen and oxygen atoms in total. The van der Waals surface area contributed by atoms with Gasteiger partial charge in [-0.05, 0) is 34.4 Å². The van der Waals surface area contributed by atoms with Crippen molar-refractivity contribution >= 4 is 39.9 Å². The summed E-state index contributed by atoms with van der Waals surface area (Å²) in [5.41, 5.74) is 4.67. The van der Waals surface area contributed by atoms with Crippen molar-refractivity contribution in [3.63, 3.8) is 0 Å². The van der Waals surface area contributed by atoms with Crippen LogP contribution in [-0.4, -0.2) is 28.8 Å². The number of ether oxygens (including phenoxy) is 1. The lowest BCUT2D eigenvalue weighted by Gasteiger charge is -2.21. The van der Waals surface area contributed by atoms with E-state index >= 15 is 0 Å². The van der Waals surface area contributed by atoms with Crippen molar-refractivity contribution in [2.45, 2.75) is 18.9 Å². The summed E-state index contributed by atoms with van der Waals surface area (Å²) >= 11 is 2.73. The van der Waals surface area contributed by atoms with Gasteiger partial charge in [-0.3, -0.25) is 4.79 Å². The zero-order valence-corrected chi connectivity index (χ0v) is 19.1. The third kappa shape index (κ3) is 4.40. The Labute approximate surface area is 198 Å². The highest BCUT2D eigenvalue weighted by Crippen LogP contribution is 2.44. The maximum Gasteiger partial charge on any atom is 0.416 e. The molecule has 0 bridgehead atoms. The van der Waals surface area contributed by atoms with Crippen LogP contribution in [0.4, 0.5) is 9.93 Å². The molecule has 1 N–H and O–H groups in total. The first-order valence-corrected chi connectivity index (χ1v) is 12.1. The number of aliphatic carboxylic acids is 1. The first-order valence-electron chi connectivity index (χ1n) is 10.4. The zero-order valence-electron chi connectivity index (χ0n) is 17.5. The van der Waals surface area contributed by atoms with Crippen LogP contribution in [0.2, 0.25) is 0 Å². The second-order valence-electron chi connectivity index (χ2n) is 7.64. The minimum atomic E-state index is -0.878. The van der Waals surface area contributed by atoms with E-state index in [0.717, 1.165) is 20.9 Å². The van der Waals surface area contributed by atoms with Crippen LogP contribution < -0.4 is 4.90 Å². The Hall–Kier alpha value is -3.49. The Balaban J connectivity index is 1.35. The SMILES string of the molecule is O=C(O)Cc1ccc(CN(C(=O)OCC2c3ccccc3-c3ccccc32)c2nccs2)s1. The van der Waals surface area contributed by atoms with Crippen molar-refractivity contribution in [3.05, 3.63) is 93.1 Å². The highest BCUT2D eigenvalue weighted by Gasteiger charge is 2.30. The van der Waals surface area contributed by atoms with Gasteiger partial charge in [-0.15, -0.1) is 22.7 Å². The summed E-state index contributed by atoms with van der Waals surface area (Å²) in [7, 11) is 0. The summed E-state index contributed by atoms with van der Waals surface area (Å²) in [6, 6.07) is 20.1. The van der Waals surface area contributed by atoms with Crippen LogP contribution in [0.1, 0.15) is 26.8 Å². The van der Waals surface area contributed by atoms with Crippen LogP contribution in [0.25, 0.3) is 11.1 Å². The van der Waals surface area contributed by atoms with Gasteiger partial charge in [-0.2, -0.15) is 0 Å². The van der Waals surface area contributed by atoms with Crippen molar-refractivity contribution in [1.29, 1.82) is 0 Å². The predicted molar refractivity (Wildman–Crippen MR) is 129 cm³/mol. The standard InChI is InChI=1S/C25H20N2O4S2/c28-23(29)13-16-9-10-17(33-16)14-27(24-26-11-12-32-24)25(30)31-15-22-20-7-3-1-5-18(20)19-6-2-4-8-21(19)22/h1-12,22H,13-15H2,(H,28,29). The Morgan fingerprint density at radius 3 is 2.27 bits per heavy atom. The molecule has 0 saturated carbocycles. The molecule has 0 unspecified atom stereocenters. The molecule has 33 heavy (non-hydrogen) atoms.